The summed E-state index contributed by atoms with van der Waals surface area (Å²) in [7, 11) is 1.53. The van der Waals surface area contributed by atoms with Crippen molar-refractivity contribution in [3.05, 3.63) is 64.1 Å². The number of benzene rings is 2. The van der Waals surface area contributed by atoms with E-state index in [1.54, 1.807) is 6.08 Å². The Kier molecular flexibility index (Phi) is 7.54. The summed E-state index contributed by atoms with van der Waals surface area (Å²) in [6.45, 7) is 5.41. The lowest BCUT2D eigenvalue weighted by Gasteiger charge is -2.13. The van der Waals surface area contributed by atoms with E-state index in [0.717, 1.165) is 22.9 Å². The molecule has 1 saturated heterocycles. The van der Waals surface area contributed by atoms with Gasteiger partial charge in [0.2, 0.25) is 0 Å². The van der Waals surface area contributed by atoms with E-state index in [0.29, 0.717) is 36.2 Å². The summed E-state index contributed by atoms with van der Waals surface area (Å²) in [5.41, 5.74) is 3.03. The highest BCUT2D eigenvalue weighted by atomic mass is 32.2. The lowest BCUT2D eigenvalue weighted by Crippen LogP contribution is -2.31. The van der Waals surface area contributed by atoms with Crippen molar-refractivity contribution >= 4 is 29.0 Å². The Hall–Kier alpha value is -2.77. The first-order valence-corrected chi connectivity index (χ1v) is 10.5. The normalized spacial score (nSPS) is 15.2. The van der Waals surface area contributed by atoms with Crippen molar-refractivity contribution in [3.63, 3.8) is 0 Å². The standard InChI is InChI=1S/C23H25NO5S/c1-4-28-20-13-18(14-21-22(25)24(11-12-27-3)23(26)30-21)9-10-19(20)29-15-17-7-5-16(2)6-8-17/h5-10,13-14H,4,11-12,15H2,1-3H3/b21-14+. The van der Waals surface area contributed by atoms with Crippen LogP contribution in [0.15, 0.2) is 47.4 Å². The largest absolute Gasteiger partial charge is 0.490 e. The number of amides is 2. The number of hydrogen-bond donors (Lipinski definition) is 0. The molecule has 0 spiro atoms. The molecule has 1 aliphatic rings. The summed E-state index contributed by atoms with van der Waals surface area (Å²) in [5, 5.41) is -0.286. The summed E-state index contributed by atoms with van der Waals surface area (Å²) in [4.78, 5) is 26.2. The highest BCUT2D eigenvalue weighted by Crippen LogP contribution is 2.34. The molecule has 1 aliphatic heterocycles. The van der Waals surface area contributed by atoms with Crippen molar-refractivity contribution in [1.29, 1.82) is 0 Å². The topological polar surface area (TPSA) is 65.1 Å². The Balaban J connectivity index is 1.75. The molecule has 0 N–H and O–H groups in total. The quantitative estimate of drug-likeness (QED) is 0.543. The first-order chi connectivity index (χ1) is 14.5. The average molecular weight is 428 g/mol. The molecule has 0 aromatic heterocycles. The summed E-state index contributed by atoms with van der Waals surface area (Å²) in [5.74, 6) is 0.916. The van der Waals surface area contributed by atoms with E-state index < -0.39 is 0 Å². The van der Waals surface area contributed by atoms with Gasteiger partial charge in [-0.05, 0) is 54.9 Å². The molecule has 2 amide bonds. The van der Waals surface area contributed by atoms with Crippen molar-refractivity contribution in [2.75, 3.05) is 26.9 Å². The Morgan fingerprint density at radius 2 is 1.80 bits per heavy atom. The van der Waals surface area contributed by atoms with E-state index in [1.165, 1.54) is 17.6 Å². The molecule has 7 heteroatoms. The Morgan fingerprint density at radius 3 is 2.50 bits per heavy atom. The number of hydrogen-bond acceptors (Lipinski definition) is 6. The van der Waals surface area contributed by atoms with Crippen LogP contribution in [0.2, 0.25) is 0 Å². The number of methoxy groups -OCH3 is 1. The second-order valence-electron chi connectivity index (χ2n) is 6.74. The van der Waals surface area contributed by atoms with E-state index >= 15 is 0 Å². The van der Waals surface area contributed by atoms with E-state index in [2.05, 4.69) is 0 Å². The van der Waals surface area contributed by atoms with Crippen LogP contribution < -0.4 is 9.47 Å². The Bertz CT molecular complexity index is 939. The minimum atomic E-state index is -0.306. The molecular formula is C23H25NO5S. The number of imide groups is 1. The molecule has 6 nitrogen and oxygen atoms in total. The van der Waals surface area contributed by atoms with Gasteiger partial charge in [-0.3, -0.25) is 14.5 Å². The summed E-state index contributed by atoms with van der Waals surface area (Å²) in [6.07, 6.45) is 1.70. The van der Waals surface area contributed by atoms with Crippen LogP contribution >= 0.6 is 11.8 Å². The van der Waals surface area contributed by atoms with Crippen LogP contribution in [0.3, 0.4) is 0 Å². The van der Waals surface area contributed by atoms with Crippen LogP contribution in [0.1, 0.15) is 23.6 Å². The van der Waals surface area contributed by atoms with Gasteiger partial charge in [-0.15, -0.1) is 0 Å². The van der Waals surface area contributed by atoms with Gasteiger partial charge in [0.15, 0.2) is 11.5 Å². The zero-order chi connectivity index (χ0) is 21.5. The van der Waals surface area contributed by atoms with Gasteiger partial charge in [0.05, 0.1) is 24.7 Å². The molecule has 0 aliphatic carbocycles. The van der Waals surface area contributed by atoms with Gasteiger partial charge in [-0.2, -0.15) is 0 Å². The molecule has 0 bridgehead atoms. The van der Waals surface area contributed by atoms with E-state index in [9.17, 15) is 9.59 Å². The van der Waals surface area contributed by atoms with Gasteiger partial charge in [0.1, 0.15) is 6.61 Å². The van der Waals surface area contributed by atoms with Gasteiger partial charge in [-0.1, -0.05) is 35.9 Å². The van der Waals surface area contributed by atoms with Crippen molar-refractivity contribution in [2.45, 2.75) is 20.5 Å². The van der Waals surface area contributed by atoms with Crippen LogP contribution in [-0.4, -0.2) is 42.9 Å². The number of carbonyl (C=O) groups excluding carboxylic acids is 2. The highest BCUT2D eigenvalue weighted by molar-refractivity contribution is 8.18. The molecule has 0 unspecified atom stereocenters. The smallest absolute Gasteiger partial charge is 0.293 e. The van der Waals surface area contributed by atoms with E-state index in [4.69, 9.17) is 14.2 Å². The number of aryl methyl sites for hydroxylation is 1. The number of thioether (sulfide) groups is 1. The molecule has 1 heterocycles. The first-order valence-electron chi connectivity index (χ1n) is 9.71. The van der Waals surface area contributed by atoms with Gasteiger partial charge in [0.25, 0.3) is 11.1 Å². The van der Waals surface area contributed by atoms with Gasteiger partial charge >= 0.3 is 0 Å². The highest BCUT2D eigenvalue weighted by Gasteiger charge is 2.34. The molecule has 30 heavy (non-hydrogen) atoms. The first kappa shape index (κ1) is 21.9. The predicted octanol–water partition coefficient (Wildman–Crippen LogP) is 4.66. The lowest BCUT2D eigenvalue weighted by atomic mass is 10.1. The van der Waals surface area contributed by atoms with Crippen LogP contribution in [0.5, 0.6) is 11.5 Å². The molecule has 158 valence electrons. The van der Waals surface area contributed by atoms with Crippen LogP contribution in [-0.2, 0) is 16.1 Å². The number of rotatable bonds is 9. The minimum absolute atomic E-state index is 0.245. The predicted molar refractivity (Wildman–Crippen MR) is 118 cm³/mol. The van der Waals surface area contributed by atoms with Crippen LogP contribution in [0.25, 0.3) is 6.08 Å². The zero-order valence-electron chi connectivity index (χ0n) is 17.3. The van der Waals surface area contributed by atoms with Gasteiger partial charge < -0.3 is 14.2 Å². The minimum Gasteiger partial charge on any atom is -0.490 e. The molecule has 2 aromatic rings. The van der Waals surface area contributed by atoms with Crippen LogP contribution in [0, 0.1) is 6.92 Å². The molecule has 1 fully saturated rings. The Morgan fingerprint density at radius 1 is 1.03 bits per heavy atom. The molecule has 0 saturated carbocycles. The fourth-order valence-electron chi connectivity index (χ4n) is 2.87. The average Bonchev–Trinajstić information content (AvgIpc) is 3.00. The third kappa shape index (κ3) is 5.43. The zero-order valence-corrected chi connectivity index (χ0v) is 18.2. The third-order valence-corrected chi connectivity index (χ3v) is 5.38. The second kappa shape index (κ2) is 10.3. The number of nitrogens with zero attached hydrogens (tertiary/aromatic N) is 1. The molecule has 0 atom stereocenters. The fourth-order valence-corrected chi connectivity index (χ4v) is 3.74. The van der Waals surface area contributed by atoms with Crippen LogP contribution in [0.4, 0.5) is 4.79 Å². The molecule has 2 aromatic carbocycles. The lowest BCUT2D eigenvalue weighted by molar-refractivity contribution is -0.123. The summed E-state index contributed by atoms with van der Waals surface area (Å²) in [6, 6.07) is 13.6. The van der Waals surface area contributed by atoms with Crippen molar-refractivity contribution in [1.82, 2.24) is 4.90 Å². The summed E-state index contributed by atoms with van der Waals surface area (Å²) >= 11 is 0.930. The number of ether oxygens (including phenoxy) is 3. The second-order valence-corrected chi connectivity index (χ2v) is 7.73. The Labute approximate surface area is 180 Å². The van der Waals surface area contributed by atoms with Crippen molar-refractivity contribution in [2.24, 2.45) is 0 Å². The monoisotopic (exact) mass is 427 g/mol. The SMILES string of the molecule is CCOc1cc(/C=C2/SC(=O)N(CCOC)C2=O)ccc1OCc1ccc(C)cc1. The van der Waals surface area contributed by atoms with E-state index in [1.807, 2.05) is 56.3 Å². The summed E-state index contributed by atoms with van der Waals surface area (Å²) < 4.78 is 16.6. The third-order valence-electron chi connectivity index (χ3n) is 4.47. The fraction of sp³-hybridized carbons (Fsp3) is 0.304. The van der Waals surface area contributed by atoms with E-state index in [-0.39, 0.29) is 17.7 Å². The molecular weight excluding hydrogens is 402 g/mol. The van der Waals surface area contributed by atoms with Crippen molar-refractivity contribution in [3.8, 4) is 11.5 Å². The molecule has 0 radical (unpaired) electrons. The van der Waals surface area contributed by atoms with Crippen molar-refractivity contribution < 1.29 is 23.8 Å². The maximum atomic E-state index is 12.5. The van der Waals surface area contributed by atoms with Gasteiger partial charge in [-0.25, -0.2) is 0 Å². The maximum absolute atomic E-state index is 12.5. The molecule has 3 rings (SSSR count). The van der Waals surface area contributed by atoms with Gasteiger partial charge in [0, 0.05) is 7.11 Å². The number of carbonyl (C=O) groups is 2. The maximum Gasteiger partial charge on any atom is 0.293 e.